The van der Waals surface area contributed by atoms with Gasteiger partial charge in [-0.05, 0) is 37.1 Å². The number of nitrogens with one attached hydrogen (secondary N) is 1. The van der Waals surface area contributed by atoms with E-state index in [0.717, 1.165) is 18.3 Å². The molecule has 0 aliphatic heterocycles. The summed E-state index contributed by atoms with van der Waals surface area (Å²) in [4.78, 5) is 19.5. The molecule has 0 unspecified atom stereocenters. The average molecular weight is 564 g/mol. The van der Waals surface area contributed by atoms with E-state index >= 15 is 0 Å². The number of amides is 1. The topological polar surface area (TPSA) is 127 Å². The van der Waals surface area contributed by atoms with Crippen LogP contribution in [-0.4, -0.2) is 43.9 Å². The zero-order valence-corrected chi connectivity index (χ0v) is 19.6. The molecule has 4 rings (SSSR count). The molecule has 0 radical (unpaired) electrons. The van der Waals surface area contributed by atoms with E-state index in [1.807, 2.05) is 0 Å². The minimum Gasteiger partial charge on any atom is -1.00 e. The molecule has 4 N–H and O–H groups in total. The fourth-order valence-electron chi connectivity index (χ4n) is 3.71. The molecule has 3 aromatic rings. The van der Waals surface area contributed by atoms with Crippen LogP contribution in [0, 0.1) is 11.6 Å². The second kappa shape index (κ2) is 10.7. The Hall–Kier alpha value is -2.43. The number of carbonyl (C=O) groups is 1. The van der Waals surface area contributed by atoms with Crippen LogP contribution in [0.25, 0.3) is 11.3 Å². The number of rotatable bonds is 6. The van der Waals surface area contributed by atoms with Crippen LogP contribution in [0.2, 0.25) is 0 Å². The van der Waals surface area contributed by atoms with Crippen molar-refractivity contribution in [2.45, 2.75) is 24.4 Å². The molecule has 1 amide bonds. The molecular formula is C20H17F3ILiN6O2. The predicted molar refractivity (Wildman–Crippen MR) is 104 cm³/mol. The van der Waals surface area contributed by atoms with Crippen molar-refractivity contribution < 1.29 is 65.9 Å². The van der Waals surface area contributed by atoms with Crippen molar-refractivity contribution in [2.24, 2.45) is 5.73 Å². The van der Waals surface area contributed by atoms with Gasteiger partial charge in [-0.1, -0.05) is 0 Å². The largest absolute Gasteiger partial charge is 1.00 e. The van der Waals surface area contributed by atoms with Crippen molar-refractivity contribution in [3.8, 4) is 17.0 Å². The number of alkyl halides is 1. The van der Waals surface area contributed by atoms with E-state index in [0.29, 0.717) is 0 Å². The number of pyridine rings is 1. The monoisotopic (exact) mass is 564 g/mol. The quantitative estimate of drug-likeness (QED) is 0.210. The smallest absolute Gasteiger partial charge is 1.00 e. The maximum absolute atomic E-state index is 14.2. The Morgan fingerprint density at radius 1 is 1.18 bits per heavy atom. The normalized spacial score (nSPS) is 18.9. The summed E-state index contributed by atoms with van der Waals surface area (Å²) < 4.78 is 42.1. The summed E-state index contributed by atoms with van der Waals surface area (Å²) in [6.45, 7) is 0.110. The fourth-order valence-corrected chi connectivity index (χ4v) is 3.71. The molecule has 0 atom stereocenters. The first-order valence-electron chi connectivity index (χ1n) is 9.31. The minimum atomic E-state index is -1.06. The van der Waals surface area contributed by atoms with Crippen LogP contribution in [0.15, 0.2) is 36.7 Å². The molecule has 168 valence electrons. The molecular weight excluding hydrogens is 547 g/mol. The van der Waals surface area contributed by atoms with Crippen LogP contribution >= 0.6 is 0 Å². The Kier molecular flexibility index (Phi) is 8.67. The third-order valence-electron chi connectivity index (χ3n) is 5.28. The second-order valence-corrected chi connectivity index (χ2v) is 7.32. The molecule has 1 aromatic carbocycles. The van der Waals surface area contributed by atoms with Gasteiger partial charge in [-0.2, -0.15) is 0 Å². The van der Waals surface area contributed by atoms with Gasteiger partial charge in [0, 0.05) is 18.2 Å². The molecule has 0 saturated heterocycles. The summed E-state index contributed by atoms with van der Waals surface area (Å²) in [5.41, 5.74) is 3.71. The van der Waals surface area contributed by atoms with Gasteiger partial charge in [-0.15, -0.1) is 10.2 Å². The number of hydrogen-bond acceptors (Lipinski definition) is 7. The van der Waals surface area contributed by atoms with E-state index in [2.05, 4.69) is 25.5 Å². The average Bonchev–Trinajstić information content (AvgIpc) is 2.71. The van der Waals surface area contributed by atoms with Gasteiger partial charge in [0.2, 0.25) is 5.95 Å². The number of carbonyl (C=O) groups excluding carboxylic acids is 1. The number of nitrogens with zero attached hydrogens (tertiary/aromatic N) is 4. The number of anilines is 1. The summed E-state index contributed by atoms with van der Waals surface area (Å²) in [5.74, 6) is -2.93. The van der Waals surface area contributed by atoms with Gasteiger partial charge in [0.25, 0.3) is 5.91 Å². The Balaban J connectivity index is 0.00000193. The minimum absolute atomic E-state index is 0. The number of halogens is 4. The number of benzene rings is 1. The molecule has 2 heterocycles. The van der Waals surface area contributed by atoms with Gasteiger partial charge in [-0.25, -0.2) is 18.2 Å². The maximum Gasteiger partial charge on any atom is 1.00 e. The van der Waals surface area contributed by atoms with E-state index in [-0.39, 0.29) is 90.7 Å². The summed E-state index contributed by atoms with van der Waals surface area (Å²) in [6, 6.07) is 4.75. The van der Waals surface area contributed by atoms with E-state index in [4.69, 9.17) is 5.73 Å². The van der Waals surface area contributed by atoms with Gasteiger partial charge in [-0.3, -0.25) is 9.78 Å². The zero-order valence-electron chi connectivity index (χ0n) is 17.4. The van der Waals surface area contributed by atoms with E-state index in [9.17, 15) is 23.1 Å². The molecule has 1 fully saturated rings. The molecule has 8 nitrogen and oxygen atoms in total. The van der Waals surface area contributed by atoms with Gasteiger partial charge in [0.05, 0.1) is 23.0 Å². The molecule has 13 heteroatoms. The Bertz CT molecular complexity index is 1150. The molecule has 1 aliphatic rings. The number of primary amides is 1. The van der Waals surface area contributed by atoms with Crippen LogP contribution in [-0.2, 0) is 5.41 Å². The van der Waals surface area contributed by atoms with Gasteiger partial charge in [0.15, 0.2) is 0 Å². The van der Waals surface area contributed by atoms with Gasteiger partial charge < -0.3 is 40.1 Å². The Labute approximate surface area is 215 Å². The predicted octanol–water partition coefficient (Wildman–Crippen LogP) is -3.49. The van der Waals surface area contributed by atoms with Crippen molar-refractivity contribution >= 4 is 11.9 Å². The van der Waals surface area contributed by atoms with Crippen LogP contribution in [0.4, 0.5) is 19.1 Å². The van der Waals surface area contributed by atoms with Crippen LogP contribution in [0.5, 0.6) is 5.75 Å². The van der Waals surface area contributed by atoms with Crippen molar-refractivity contribution in [3.63, 3.8) is 0 Å². The molecule has 2 aromatic heterocycles. The summed E-state index contributed by atoms with van der Waals surface area (Å²) >= 11 is 0. The van der Waals surface area contributed by atoms with Crippen LogP contribution < -0.4 is 53.9 Å². The second-order valence-electron chi connectivity index (χ2n) is 7.32. The molecule has 1 saturated carbocycles. The Morgan fingerprint density at radius 3 is 2.48 bits per heavy atom. The fraction of sp³-hybridized carbons (Fsp3) is 0.250. The number of aromatic hydroxyl groups is 1. The summed E-state index contributed by atoms with van der Waals surface area (Å²) in [7, 11) is 0. The molecule has 0 spiro atoms. The van der Waals surface area contributed by atoms with Crippen molar-refractivity contribution in [2.75, 3.05) is 11.9 Å². The standard InChI is InChI=1S/C20H17F3N6O2.HI.Li/c21-10-6-20(7-10,17-13(23)2-1-5-25-17)9-27-19-26-8-14(28-29-19)15-12(22)4-3-11(16(15)30)18(24)31;;/h1-5,8,10,30H,6-7,9H2,(H2,24,31)(H,26,27,29);1H;/q;;+1/p-1/t10-,20-;;. The third kappa shape index (κ3) is 5.23. The van der Waals surface area contributed by atoms with Crippen LogP contribution in [0.1, 0.15) is 28.9 Å². The van der Waals surface area contributed by atoms with Crippen molar-refractivity contribution in [1.29, 1.82) is 0 Å². The van der Waals surface area contributed by atoms with Crippen LogP contribution in [0.3, 0.4) is 0 Å². The third-order valence-corrected chi connectivity index (χ3v) is 5.28. The number of phenols is 1. The molecule has 0 bridgehead atoms. The summed E-state index contributed by atoms with van der Waals surface area (Å²) in [6.07, 6.45) is 1.72. The number of hydrogen-bond donors (Lipinski definition) is 3. The van der Waals surface area contributed by atoms with Gasteiger partial charge >= 0.3 is 18.9 Å². The molecule has 33 heavy (non-hydrogen) atoms. The zero-order chi connectivity index (χ0) is 22.2. The first-order valence-corrected chi connectivity index (χ1v) is 9.31. The van der Waals surface area contributed by atoms with Crippen molar-refractivity contribution in [3.05, 3.63) is 59.6 Å². The first kappa shape index (κ1) is 26.8. The molecule has 1 aliphatic carbocycles. The SMILES string of the molecule is NC(=O)c1ccc(F)c(-c2cnc(NC[C@]3(c4ncccc4F)C[C@H](F)C3)nn2)c1O.[I-].[Li+]. The first-order chi connectivity index (χ1) is 14.8. The number of aromatic nitrogens is 4. The number of nitrogens with two attached hydrogens (primary N) is 1. The van der Waals surface area contributed by atoms with E-state index in [1.54, 1.807) is 0 Å². The summed E-state index contributed by atoms with van der Waals surface area (Å²) in [5, 5.41) is 20.7. The Morgan fingerprint density at radius 2 is 1.91 bits per heavy atom. The van der Waals surface area contributed by atoms with E-state index < -0.39 is 34.9 Å². The van der Waals surface area contributed by atoms with E-state index in [1.165, 1.54) is 18.3 Å². The maximum atomic E-state index is 14.2. The van der Waals surface area contributed by atoms with Gasteiger partial charge in [0.1, 0.15) is 29.2 Å². The van der Waals surface area contributed by atoms with Crippen molar-refractivity contribution in [1.82, 2.24) is 20.2 Å².